The molecule has 0 fully saturated rings. The minimum atomic E-state index is -0.410. The normalized spacial score (nSPS) is 9.64. The molecule has 0 bridgehead atoms. The molecule has 1 amide bonds. The van der Waals surface area contributed by atoms with Crippen molar-refractivity contribution in [2.24, 2.45) is 0 Å². The van der Waals surface area contributed by atoms with Crippen molar-refractivity contribution in [1.82, 2.24) is 15.1 Å². The van der Waals surface area contributed by atoms with E-state index in [1.807, 2.05) is 0 Å². The van der Waals surface area contributed by atoms with E-state index < -0.39 is 6.03 Å². The van der Waals surface area contributed by atoms with Crippen LogP contribution >= 0.6 is 11.6 Å². The number of halogens is 1. The number of nitrogens with two attached hydrogens (primary N) is 1. The number of amides is 1. The quantitative estimate of drug-likeness (QED) is 0.595. The summed E-state index contributed by atoms with van der Waals surface area (Å²) < 4.78 is 0.983. The SMILES string of the molecule is CNC(=O)n1nc(N)cc1Cl. The van der Waals surface area contributed by atoms with Crippen LogP contribution in [0.2, 0.25) is 5.15 Å². The van der Waals surface area contributed by atoms with Gasteiger partial charge in [0.05, 0.1) is 0 Å². The molecule has 60 valence electrons. The van der Waals surface area contributed by atoms with E-state index in [9.17, 15) is 4.79 Å². The van der Waals surface area contributed by atoms with Crippen LogP contribution in [0.3, 0.4) is 0 Å². The molecule has 0 unspecified atom stereocenters. The van der Waals surface area contributed by atoms with E-state index in [1.54, 1.807) is 0 Å². The zero-order chi connectivity index (χ0) is 8.43. The van der Waals surface area contributed by atoms with Crippen LogP contribution in [0.25, 0.3) is 0 Å². The molecule has 0 aliphatic heterocycles. The summed E-state index contributed by atoms with van der Waals surface area (Å²) in [5, 5.41) is 6.18. The van der Waals surface area contributed by atoms with Crippen molar-refractivity contribution in [3.05, 3.63) is 11.2 Å². The number of nitrogens with one attached hydrogen (secondary N) is 1. The first-order valence-electron chi connectivity index (χ1n) is 2.88. The number of hydrogen-bond donors (Lipinski definition) is 2. The van der Waals surface area contributed by atoms with E-state index in [4.69, 9.17) is 17.3 Å². The van der Waals surface area contributed by atoms with Crippen molar-refractivity contribution < 1.29 is 4.79 Å². The maximum Gasteiger partial charge on any atom is 0.343 e. The van der Waals surface area contributed by atoms with Gasteiger partial charge in [0.25, 0.3) is 0 Å². The number of nitrogens with zero attached hydrogens (tertiary/aromatic N) is 2. The van der Waals surface area contributed by atoms with E-state index in [-0.39, 0.29) is 11.0 Å². The number of anilines is 1. The van der Waals surface area contributed by atoms with Crippen molar-refractivity contribution in [3.8, 4) is 0 Å². The van der Waals surface area contributed by atoms with Crippen LogP contribution in [0.4, 0.5) is 10.6 Å². The lowest BCUT2D eigenvalue weighted by atomic mass is 10.7. The van der Waals surface area contributed by atoms with Crippen LogP contribution in [0.1, 0.15) is 0 Å². The first-order valence-corrected chi connectivity index (χ1v) is 3.26. The first-order chi connectivity index (χ1) is 5.15. The number of carbonyl (C=O) groups excluding carboxylic acids is 1. The molecule has 11 heavy (non-hydrogen) atoms. The van der Waals surface area contributed by atoms with E-state index >= 15 is 0 Å². The lowest BCUT2D eigenvalue weighted by molar-refractivity contribution is 0.241. The maximum atomic E-state index is 10.9. The Kier molecular flexibility index (Phi) is 2.00. The highest BCUT2D eigenvalue weighted by atomic mass is 35.5. The molecule has 1 aromatic rings. The Morgan fingerprint density at radius 3 is 2.91 bits per heavy atom. The first kappa shape index (κ1) is 7.87. The maximum absolute atomic E-state index is 10.9. The molecule has 6 heteroatoms. The van der Waals surface area contributed by atoms with Gasteiger partial charge in [-0.25, -0.2) is 4.79 Å². The topological polar surface area (TPSA) is 72.9 Å². The largest absolute Gasteiger partial charge is 0.382 e. The van der Waals surface area contributed by atoms with Crippen LogP contribution in [0.15, 0.2) is 6.07 Å². The molecule has 0 spiro atoms. The van der Waals surface area contributed by atoms with Gasteiger partial charge in [-0.15, -0.1) is 5.10 Å². The fourth-order valence-corrected chi connectivity index (χ4v) is 0.850. The van der Waals surface area contributed by atoms with Gasteiger partial charge in [-0.05, 0) is 0 Å². The molecule has 3 N–H and O–H groups in total. The van der Waals surface area contributed by atoms with E-state index in [0.717, 1.165) is 4.68 Å². The summed E-state index contributed by atoms with van der Waals surface area (Å²) in [5.41, 5.74) is 5.28. The molecule has 0 saturated heterocycles. The van der Waals surface area contributed by atoms with Crippen molar-refractivity contribution in [2.75, 3.05) is 12.8 Å². The third kappa shape index (κ3) is 1.43. The van der Waals surface area contributed by atoms with E-state index in [2.05, 4.69) is 10.4 Å². The highest BCUT2D eigenvalue weighted by molar-refractivity contribution is 6.30. The summed E-state index contributed by atoms with van der Waals surface area (Å²) in [7, 11) is 1.48. The Morgan fingerprint density at radius 1 is 1.91 bits per heavy atom. The standard InChI is InChI=1S/C5H7ClN4O/c1-8-5(11)10-3(6)2-4(7)9-10/h2H,1H3,(H2,7,9)(H,8,11). The lowest BCUT2D eigenvalue weighted by Crippen LogP contribution is -2.25. The smallest absolute Gasteiger partial charge is 0.343 e. The van der Waals surface area contributed by atoms with Crippen LogP contribution in [0.5, 0.6) is 0 Å². The second-order valence-electron chi connectivity index (χ2n) is 1.86. The van der Waals surface area contributed by atoms with E-state index in [1.165, 1.54) is 13.1 Å². The van der Waals surface area contributed by atoms with Gasteiger partial charge in [-0.3, -0.25) is 0 Å². The third-order valence-corrected chi connectivity index (χ3v) is 1.36. The zero-order valence-electron chi connectivity index (χ0n) is 5.84. The van der Waals surface area contributed by atoms with Gasteiger partial charge in [-0.1, -0.05) is 11.6 Å². The molecule has 0 atom stereocenters. The van der Waals surface area contributed by atoms with Crippen LogP contribution in [-0.4, -0.2) is 22.9 Å². The Balaban J connectivity index is 3.03. The number of aromatic nitrogens is 2. The lowest BCUT2D eigenvalue weighted by Gasteiger charge is -1.97. The Bertz CT molecular complexity index is 282. The van der Waals surface area contributed by atoms with Gasteiger partial charge in [0.2, 0.25) is 0 Å². The summed E-state index contributed by atoms with van der Waals surface area (Å²) in [6.07, 6.45) is 0. The molecule has 1 rings (SSSR count). The highest BCUT2D eigenvalue weighted by Crippen LogP contribution is 2.10. The summed E-state index contributed by atoms with van der Waals surface area (Å²) in [5.74, 6) is 0.221. The third-order valence-electron chi connectivity index (χ3n) is 1.09. The molecule has 0 aliphatic rings. The van der Waals surface area contributed by atoms with Gasteiger partial charge in [0.1, 0.15) is 11.0 Å². The van der Waals surface area contributed by atoms with Crippen molar-refractivity contribution in [3.63, 3.8) is 0 Å². The molecule has 1 aromatic heterocycles. The van der Waals surface area contributed by atoms with Gasteiger partial charge < -0.3 is 11.1 Å². The molecule has 1 heterocycles. The molecule has 5 nitrogen and oxygen atoms in total. The minimum Gasteiger partial charge on any atom is -0.382 e. The van der Waals surface area contributed by atoms with Crippen molar-refractivity contribution >= 4 is 23.4 Å². The second-order valence-corrected chi connectivity index (χ2v) is 2.25. The summed E-state index contributed by atoms with van der Waals surface area (Å²) >= 11 is 5.58. The predicted molar refractivity (Wildman–Crippen MR) is 41.5 cm³/mol. The van der Waals surface area contributed by atoms with Crippen molar-refractivity contribution in [1.29, 1.82) is 0 Å². The monoisotopic (exact) mass is 174 g/mol. The van der Waals surface area contributed by atoms with Crippen molar-refractivity contribution in [2.45, 2.75) is 0 Å². The molecule has 0 radical (unpaired) electrons. The highest BCUT2D eigenvalue weighted by Gasteiger charge is 2.08. The molecule has 0 saturated carbocycles. The number of rotatable bonds is 0. The minimum absolute atomic E-state index is 0.196. The van der Waals surface area contributed by atoms with Gasteiger partial charge in [0.15, 0.2) is 0 Å². The van der Waals surface area contributed by atoms with Crippen LogP contribution < -0.4 is 11.1 Å². The Morgan fingerprint density at radius 2 is 2.55 bits per heavy atom. The summed E-state index contributed by atoms with van der Waals surface area (Å²) in [4.78, 5) is 10.9. The fraction of sp³-hybridized carbons (Fsp3) is 0.200. The number of carbonyl (C=O) groups is 1. The molecule has 0 aliphatic carbocycles. The second kappa shape index (κ2) is 2.79. The fourth-order valence-electron chi connectivity index (χ4n) is 0.624. The van der Waals surface area contributed by atoms with E-state index in [0.29, 0.717) is 0 Å². The summed E-state index contributed by atoms with van der Waals surface area (Å²) in [6, 6.07) is 0.989. The van der Waals surface area contributed by atoms with Gasteiger partial charge in [-0.2, -0.15) is 4.68 Å². The Hall–Kier alpha value is -1.23. The van der Waals surface area contributed by atoms with Gasteiger partial charge in [0, 0.05) is 13.1 Å². The predicted octanol–water partition coefficient (Wildman–Crippen LogP) is 0.306. The zero-order valence-corrected chi connectivity index (χ0v) is 6.59. The average molecular weight is 175 g/mol. The summed E-state index contributed by atoms with van der Waals surface area (Å²) in [6.45, 7) is 0. The molecular weight excluding hydrogens is 168 g/mol. The van der Waals surface area contributed by atoms with Crippen LogP contribution in [-0.2, 0) is 0 Å². The molecular formula is C5H7ClN4O. The number of hydrogen-bond acceptors (Lipinski definition) is 3. The molecule has 0 aromatic carbocycles. The van der Waals surface area contributed by atoms with Crippen LogP contribution in [0, 0.1) is 0 Å². The Labute approximate surface area is 68.1 Å². The van der Waals surface area contributed by atoms with Gasteiger partial charge >= 0.3 is 6.03 Å². The number of nitrogen functional groups attached to an aromatic ring is 1. The average Bonchev–Trinajstić information content (AvgIpc) is 2.28.